The number of hydrogen-bond donors (Lipinski definition) is 0. The standard InChI is InChI=1S/C10H16N2O2/c13-8-12-7-3-4-9(12)10(14)11-5-1-2-6-11/h8-9H,1-7H2. The summed E-state index contributed by atoms with van der Waals surface area (Å²) < 4.78 is 0. The van der Waals surface area contributed by atoms with Crippen LogP contribution in [0.3, 0.4) is 0 Å². The van der Waals surface area contributed by atoms with Crippen LogP contribution in [-0.2, 0) is 9.59 Å². The van der Waals surface area contributed by atoms with Gasteiger partial charge in [-0.1, -0.05) is 0 Å². The number of carbonyl (C=O) groups excluding carboxylic acids is 2. The van der Waals surface area contributed by atoms with Gasteiger partial charge in [0.1, 0.15) is 6.04 Å². The van der Waals surface area contributed by atoms with Crippen molar-refractivity contribution in [2.24, 2.45) is 0 Å². The maximum Gasteiger partial charge on any atom is 0.245 e. The smallest absolute Gasteiger partial charge is 0.245 e. The summed E-state index contributed by atoms with van der Waals surface area (Å²) in [6.07, 6.45) is 4.84. The Morgan fingerprint density at radius 2 is 1.86 bits per heavy atom. The molecule has 0 spiro atoms. The number of likely N-dealkylation sites (tertiary alicyclic amines) is 2. The van der Waals surface area contributed by atoms with E-state index in [1.165, 1.54) is 0 Å². The zero-order valence-electron chi connectivity index (χ0n) is 8.32. The fourth-order valence-electron chi connectivity index (χ4n) is 2.33. The highest BCUT2D eigenvalue weighted by atomic mass is 16.2. The molecule has 2 aliphatic rings. The summed E-state index contributed by atoms with van der Waals surface area (Å²) in [6.45, 7) is 2.50. The molecule has 2 rings (SSSR count). The molecular formula is C10H16N2O2. The van der Waals surface area contributed by atoms with E-state index in [2.05, 4.69) is 0 Å². The van der Waals surface area contributed by atoms with Gasteiger partial charge in [-0.2, -0.15) is 0 Å². The van der Waals surface area contributed by atoms with Crippen molar-refractivity contribution in [1.82, 2.24) is 9.80 Å². The van der Waals surface area contributed by atoms with Gasteiger partial charge in [-0.15, -0.1) is 0 Å². The fourth-order valence-corrected chi connectivity index (χ4v) is 2.33. The molecule has 2 fully saturated rings. The average Bonchev–Trinajstić information content (AvgIpc) is 2.87. The molecule has 0 N–H and O–H groups in total. The molecule has 2 amide bonds. The molecule has 0 aromatic rings. The highest BCUT2D eigenvalue weighted by molar-refractivity contribution is 5.84. The first-order valence-electron chi connectivity index (χ1n) is 5.33. The summed E-state index contributed by atoms with van der Waals surface area (Å²) in [4.78, 5) is 26.2. The highest BCUT2D eigenvalue weighted by Gasteiger charge is 2.33. The van der Waals surface area contributed by atoms with Gasteiger partial charge in [-0.3, -0.25) is 9.59 Å². The van der Waals surface area contributed by atoms with Gasteiger partial charge in [-0.25, -0.2) is 0 Å². The van der Waals surface area contributed by atoms with E-state index >= 15 is 0 Å². The Labute approximate surface area is 83.9 Å². The van der Waals surface area contributed by atoms with Crippen molar-refractivity contribution in [3.05, 3.63) is 0 Å². The fraction of sp³-hybridized carbons (Fsp3) is 0.800. The molecule has 2 saturated heterocycles. The third-order valence-corrected chi connectivity index (χ3v) is 3.13. The Balaban J connectivity index is 1.98. The molecule has 0 aliphatic carbocycles. The van der Waals surface area contributed by atoms with Crippen LogP contribution in [0.5, 0.6) is 0 Å². The maximum atomic E-state index is 11.9. The molecular weight excluding hydrogens is 180 g/mol. The summed E-state index contributed by atoms with van der Waals surface area (Å²) in [5.41, 5.74) is 0. The second-order valence-corrected chi connectivity index (χ2v) is 4.03. The minimum atomic E-state index is -0.161. The molecule has 0 saturated carbocycles. The molecule has 0 aromatic carbocycles. The van der Waals surface area contributed by atoms with Crippen LogP contribution in [0.15, 0.2) is 0 Å². The van der Waals surface area contributed by atoms with Crippen molar-refractivity contribution in [1.29, 1.82) is 0 Å². The van der Waals surface area contributed by atoms with Crippen LogP contribution in [0.4, 0.5) is 0 Å². The number of rotatable bonds is 2. The van der Waals surface area contributed by atoms with Crippen molar-refractivity contribution in [3.8, 4) is 0 Å². The lowest BCUT2D eigenvalue weighted by atomic mass is 10.2. The van der Waals surface area contributed by atoms with E-state index in [-0.39, 0.29) is 11.9 Å². The first-order valence-corrected chi connectivity index (χ1v) is 5.33. The van der Waals surface area contributed by atoms with Gasteiger partial charge in [0.05, 0.1) is 0 Å². The lowest BCUT2D eigenvalue weighted by Crippen LogP contribution is -2.43. The summed E-state index contributed by atoms with van der Waals surface area (Å²) in [6, 6.07) is -0.161. The van der Waals surface area contributed by atoms with Crippen molar-refractivity contribution in [2.75, 3.05) is 19.6 Å². The third kappa shape index (κ3) is 1.61. The van der Waals surface area contributed by atoms with Crippen molar-refractivity contribution >= 4 is 12.3 Å². The molecule has 78 valence electrons. The summed E-state index contributed by atoms with van der Waals surface area (Å²) in [5, 5.41) is 0. The van der Waals surface area contributed by atoms with E-state index < -0.39 is 0 Å². The monoisotopic (exact) mass is 196 g/mol. The first-order chi connectivity index (χ1) is 6.83. The lowest BCUT2D eigenvalue weighted by Gasteiger charge is -2.24. The van der Waals surface area contributed by atoms with Crippen LogP contribution >= 0.6 is 0 Å². The number of hydrogen-bond acceptors (Lipinski definition) is 2. The summed E-state index contributed by atoms with van der Waals surface area (Å²) in [5.74, 6) is 0.159. The zero-order valence-corrected chi connectivity index (χ0v) is 8.32. The first kappa shape index (κ1) is 9.49. The van der Waals surface area contributed by atoms with E-state index in [0.717, 1.165) is 51.7 Å². The van der Waals surface area contributed by atoms with Gasteiger partial charge < -0.3 is 9.80 Å². The minimum absolute atomic E-state index is 0.159. The molecule has 1 unspecified atom stereocenters. The van der Waals surface area contributed by atoms with Crippen molar-refractivity contribution in [3.63, 3.8) is 0 Å². The number of amides is 2. The zero-order chi connectivity index (χ0) is 9.97. The van der Waals surface area contributed by atoms with Gasteiger partial charge in [-0.05, 0) is 25.7 Å². The normalized spacial score (nSPS) is 27.0. The maximum absolute atomic E-state index is 11.9. The predicted octanol–water partition coefficient (Wildman–Crippen LogP) is 0.230. The van der Waals surface area contributed by atoms with Gasteiger partial charge in [0.25, 0.3) is 0 Å². The second-order valence-electron chi connectivity index (χ2n) is 4.03. The third-order valence-electron chi connectivity index (χ3n) is 3.13. The second kappa shape index (κ2) is 3.98. The van der Waals surface area contributed by atoms with Gasteiger partial charge in [0.15, 0.2) is 0 Å². The van der Waals surface area contributed by atoms with Crippen LogP contribution in [0, 0.1) is 0 Å². The van der Waals surface area contributed by atoms with Crippen LogP contribution < -0.4 is 0 Å². The molecule has 4 nitrogen and oxygen atoms in total. The molecule has 2 aliphatic heterocycles. The lowest BCUT2D eigenvalue weighted by molar-refractivity contribution is -0.138. The predicted molar refractivity (Wildman–Crippen MR) is 51.6 cm³/mol. The van der Waals surface area contributed by atoms with Crippen LogP contribution in [0.25, 0.3) is 0 Å². The molecule has 4 heteroatoms. The van der Waals surface area contributed by atoms with Gasteiger partial charge in [0.2, 0.25) is 12.3 Å². The summed E-state index contributed by atoms with van der Waals surface area (Å²) >= 11 is 0. The Kier molecular flexibility index (Phi) is 2.70. The van der Waals surface area contributed by atoms with E-state index in [1.807, 2.05) is 4.90 Å². The number of nitrogens with zero attached hydrogens (tertiary/aromatic N) is 2. The van der Waals surface area contributed by atoms with Crippen LogP contribution in [0.2, 0.25) is 0 Å². The Morgan fingerprint density at radius 3 is 2.50 bits per heavy atom. The molecule has 0 radical (unpaired) electrons. The van der Waals surface area contributed by atoms with Crippen LogP contribution in [0.1, 0.15) is 25.7 Å². The molecule has 2 heterocycles. The SMILES string of the molecule is O=CN1CCCC1C(=O)N1CCCC1. The quantitative estimate of drug-likeness (QED) is 0.593. The highest BCUT2D eigenvalue weighted by Crippen LogP contribution is 2.19. The van der Waals surface area contributed by atoms with E-state index in [4.69, 9.17) is 0 Å². The topological polar surface area (TPSA) is 40.6 Å². The van der Waals surface area contributed by atoms with E-state index in [1.54, 1.807) is 4.90 Å². The van der Waals surface area contributed by atoms with E-state index in [9.17, 15) is 9.59 Å². The summed E-state index contributed by atoms with van der Waals surface area (Å²) in [7, 11) is 0. The van der Waals surface area contributed by atoms with E-state index in [0.29, 0.717) is 0 Å². The van der Waals surface area contributed by atoms with Crippen molar-refractivity contribution < 1.29 is 9.59 Å². The Morgan fingerprint density at radius 1 is 1.14 bits per heavy atom. The average molecular weight is 196 g/mol. The van der Waals surface area contributed by atoms with Crippen molar-refractivity contribution in [2.45, 2.75) is 31.7 Å². The largest absolute Gasteiger partial charge is 0.341 e. The van der Waals surface area contributed by atoms with Gasteiger partial charge >= 0.3 is 0 Å². The Bertz CT molecular complexity index is 236. The minimum Gasteiger partial charge on any atom is -0.341 e. The van der Waals surface area contributed by atoms with Crippen LogP contribution in [-0.4, -0.2) is 47.8 Å². The number of carbonyl (C=O) groups is 2. The molecule has 0 aromatic heterocycles. The molecule has 0 bridgehead atoms. The Hall–Kier alpha value is -1.06. The molecule has 1 atom stereocenters. The molecule has 14 heavy (non-hydrogen) atoms. The van der Waals surface area contributed by atoms with Gasteiger partial charge in [0, 0.05) is 19.6 Å².